The van der Waals surface area contributed by atoms with Gasteiger partial charge in [-0.05, 0) is 12.1 Å². The average molecular weight is 264 g/mol. The highest BCUT2D eigenvalue weighted by atomic mass is 19.2. The zero-order valence-electron chi connectivity index (χ0n) is 10.1. The Morgan fingerprint density at radius 2 is 2.00 bits per heavy atom. The predicted octanol–water partition coefficient (Wildman–Crippen LogP) is 2.15. The first-order valence-electron chi connectivity index (χ1n) is 5.48. The number of ketones is 2. The lowest BCUT2D eigenvalue weighted by molar-refractivity contribution is 0.0884. The van der Waals surface area contributed by atoms with E-state index in [1.54, 1.807) is 13.2 Å². The highest BCUT2D eigenvalue weighted by molar-refractivity contribution is 6.12. The Morgan fingerprint density at radius 1 is 1.26 bits per heavy atom. The van der Waals surface area contributed by atoms with Crippen molar-refractivity contribution < 1.29 is 18.4 Å². The second-order valence-corrected chi connectivity index (χ2v) is 3.99. The zero-order valence-corrected chi connectivity index (χ0v) is 10.1. The normalized spacial score (nSPS) is 10.5. The van der Waals surface area contributed by atoms with Crippen LogP contribution in [0.1, 0.15) is 27.4 Å². The molecule has 0 unspecified atom stereocenters. The van der Waals surface area contributed by atoms with Crippen LogP contribution in [0, 0.1) is 11.6 Å². The monoisotopic (exact) mass is 264 g/mol. The molecule has 0 aliphatic carbocycles. The number of Topliss-reactive ketones (excluding diaryl/α,β-unsaturated/α-hetero) is 2. The SMILES string of the molecule is Cn1ccnc1C(=O)CC(=O)c1cccc(F)c1F. The predicted molar refractivity (Wildman–Crippen MR) is 62.8 cm³/mol. The summed E-state index contributed by atoms with van der Waals surface area (Å²) in [6, 6.07) is 3.27. The number of hydrogen-bond acceptors (Lipinski definition) is 3. The molecule has 0 saturated heterocycles. The fourth-order valence-electron chi connectivity index (χ4n) is 1.67. The third-order valence-corrected chi connectivity index (χ3v) is 2.64. The van der Waals surface area contributed by atoms with Gasteiger partial charge in [0.1, 0.15) is 0 Å². The number of nitrogens with zero attached hydrogens (tertiary/aromatic N) is 2. The molecule has 0 amide bonds. The number of carbonyl (C=O) groups is 2. The maximum atomic E-state index is 13.4. The van der Waals surface area contributed by atoms with Gasteiger partial charge in [-0.25, -0.2) is 13.8 Å². The lowest BCUT2D eigenvalue weighted by atomic mass is 10.0. The molecule has 1 aromatic carbocycles. The number of rotatable bonds is 4. The van der Waals surface area contributed by atoms with Crippen LogP contribution in [0.4, 0.5) is 8.78 Å². The van der Waals surface area contributed by atoms with Crippen molar-refractivity contribution >= 4 is 11.6 Å². The minimum absolute atomic E-state index is 0.102. The van der Waals surface area contributed by atoms with Crippen LogP contribution in [-0.4, -0.2) is 21.1 Å². The highest BCUT2D eigenvalue weighted by Gasteiger charge is 2.20. The molecule has 0 aliphatic heterocycles. The first-order valence-corrected chi connectivity index (χ1v) is 5.48. The number of aryl methyl sites for hydroxylation is 1. The van der Waals surface area contributed by atoms with Crippen LogP contribution in [0.15, 0.2) is 30.6 Å². The van der Waals surface area contributed by atoms with Gasteiger partial charge in [-0.1, -0.05) is 6.07 Å². The van der Waals surface area contributed by atoms with E-state index < -0.39 is 35.2 Å². The molecular weight excluding hydrogens is 254 g/mol. The number of carbonyl (C=O) groups excluding carboxylic acids is 2. The largest absolute Gasteiger partial charge is 0.332 e. The molecule has 1 aromatic heterocycles. The Hall–Kier alpha value is -2.37. The van der Waals surface area contributed by atoms with Crippen molar-refractivity contribution in [2.45, 2.75) is 6.42 Å². The van der Waals surface area contributed by atoms with Crippen molar-refractivity contribution in [3.05, 3.63) is 53.6 Å². The Labute approximate surface area is 107 Å². The molecule has 0 N–H and O–H groups in total. The Bertz CT molecular complexity index is 650. The van der Waals surface area contributed by atoms with Crippen LogP contribution in [0.25, 0.3) is 0 Å². The van der Waals surface area contributed by atoms with Crippen LogP contribution in [0.5, 0.6) is 0 Å². The molecule has 0 bridgehead atoms. The van der Waals surface area contributed by atoms with E-state index in [0.717, 1.165) is 12.1 Å². The van der Waals surface area contributed by atoms with E-state index in [1.807, 2.05) is 0 Å². The van der Waals surface area contributed by atoms with Gasteiger partial charge in [0, 0.05) is 19.4 Å². The molecule has 2 aromatic rings. The molecule has 19 heavy (non-hydrogen) atoms. The highest BCUT2D eigenvalue weighted by Crippen LogP contribution is 2.14. The first-order chi connectivity index (χ1) is 9.00. The number of benzene rings is 1. The molecule has 4 nitrogen and oxygen atoms in total. The van der Waals surface area contributed by atoms with E-state index in [9.17, 15) is 18.4 Å². The number of aromatic nitrogens is 2. The summed E-state index contributed by atoms with van der Waals surface area (Å²) in [5.74, 6) is -3.56. The summed E-state index contributed by atoms with van der Waals surface area (Å²) >= 11 is 0. The maximum absolute atomic E-state index is 13.4. The number of hydrogen-bond donors (Lipinski definition) is 0. The van der Waals surface area contributed by atoms with Crippen molar-refractivity contribution in [1.82, 2.24) is 9.55 Å². The van der Waals surface area contributed by atoms with E-state index in [1.165, 1.54) is 16.8 Å². The Balaban J connectivity index is 2.20. The van der Waals surface area contributed by atoms with Crippen molar-refractivity contribution in [2.24, 2.45) is 7.05 Å². The third kappa shape index (κ3) is 2.57. The smallest absolute Gasteiger partial charge is 0.205 e. The molecule has 0 aliphatic rings. The summed E-state index contributed by atoms with van der Waals surface area (Å²) in [4.78, 5) is 27.4. The van der Waals surface area contributed by atoms with E-state index in [2.05, 4.69) is 4.98 Å². The van der Waals surface area contributed by atoms with Gasteiger partial charge >= 0.3 is 0 Å². The van der Waals surface area contributed by atoms with Crippen LogP contribution in [0.2, 0.25) is 0 Å². The molecular formula is C13H10F2N2O2. The van der Waals surface area contributed by atoms with Crippen molar-refractivity contribution in [2.75, 3.05) is 0 Å². The summed E-state index contributed by atoms with van der Waals surface area (Å²) in [6.07, 6.45) is 2.42. The molecule has 0 radical (unpaired) electrons. The molecule has 0 atom stereocenters. The molecule has 0 spiro atoms. The van der Waals surface area contributed by atoms with E-state index in [4.69, 9.17) is 0 Å². The molecule has 0 saturated carbocycles. The van der Waals surface area contributed by atoms with Gasteiger partial charge in [0.15, 0.2) is 23.2 Å². The number of halogens is 2. The minimum atomic E-state index is -1.24. The quantitative estimate of drug-likeness (QED) is 0.628. The van der Waals surface area contributed by atoms with Crippen molar-refractivity contribution in [1.29, 1.82) is 0 Å². The molecule has 1 heterocycles. The number of imidazole rings is 1. The standard InChI is InChI=1S/C13H10F2N2O2/c1-17-6-5-16-13(17)11(19)7-10(18)8-3-2-4-9(14)12(8)15/h2-6H,7H2,1H3. The second kappa shape index (κ2) is 5.09. The summed E-state index contributed by atoms with van der Waals surface area (Å²) in [5.41, 5.74) is -0.428. The van der Waals surface area contributed by atoms with Gasteiger partial charge in [-0.15, -0.1) is 0 Å². The topological polar surface area (TPSA) is 52.0 Å². The summed E-state index contributed by atoms with van der Waals surface area (Å²) < 4.78 is 27.8. The Kier molecular flexibility index (Phi) is 3.50. The molecule has 2 rings (SSSR count). The van der Waals surface area contributed by atoms with Gasteiger partial charge in [0.2, 0.25) is 5.78 Å². The van der Waals surface area contributed by atoms with Gasteiger partial charge in [-0.2, -0.15) is 0 Å². The van der Waals surface area contributed by atoms with E-state index in [-0.39, 0.29) is 5.82 Å². The van der Waals surface area contributed by atoms with E-state index >= 15 is 0 Å². The van der Waals surface area contributed by atoms with Crippen LogP contribution < -0.4 is 0 Å². The first kappa shape index (κ1) is 13.1. The third-order valence-electron chi connectivity index (χ3n) is 2.64. The second-order valence-electron chi connectivity index (χ2n) is 3.99. The van der Waals surface area contributed by atoms with Gasteiger partial charge < -0.3 is 4.57 Å². The molecule has 98 valence electrons. The fraction of sp³-hybridized carbons (Fsp3) is 0.154. The lowest BCUT2D eigenvalue weighted by Gasteiger charge is -2.03. The molecule has 6 heteroatoms. The maximum Gasteiger partial charge on any atom is 0.205 e. The lowest BCUT2D eigenvalue weighted by Crippen LogP contribution is -2.14. The van der Waals surface area contributed by atoms with Crippen LogP contribution in [-0.2, 0) is 7.05 Å². The van der Waals surface area contributed by atoms with Crippen molar-refractivity contribution in [3.8, 4) is 0 Å². The van der Waals surface area contributed by atoms with Gasteiger partial charge in [-0.3, -0.25) is 9.59 Å². The van der Waals surface area contributed by atoms with E-state index in [0.29, 0.717) is 0 Å². The van der Waals surface area contributed by atoms with Crippen LogP contribution >= 0.6 is 0 Å². The Morgan fingerprint density at radius 3 is 2.63 bits per heavy atom. The van der Waals surface area contributed by atoms with Gasteiger partial charge in [0.25, 0.3) is 0 Å². The summed E-state index contributed by atoms with van der Waals surface area (Å²) in [6.45, 7) is 0. The average Bonchev–Trinajstić information content (AvgIpc) is 2.79. The summed E-state index contributed by atoms with van der Waals surface area (Å²) in [5, 5.41) is 0. The summed E-state index contributed by atoms with van der Waals surface area (Å²) in [7, 11) is 1.60. The zero-order chi connectivity index (χ0) is 14.0. The van der Waals surface area contributed by atoms with Crippen LogP contribution in [0.3, 0.4) is 0 Å². The fourth-order valence-corrected chi connectivity index (χ4v) is 1.67. The molecule has 0 fully saturated rings. The minimum Gasteiger partial charge on any atom is -0.332 e. The van der Waals surface area contributed by atoms with Gasteiger partial charge in [0.05, 0.1) is 12.0 Å². The van der Waals surface area contributed by atoms with Crippen molar-refractivity contribution in [3.63, 3.8) is 0 Å².